The van der Waals surface area contributed by atoms with Crippen LogP contribution in [0.1, 0.15) is 33.2 Å². The van der Waals surface area contributed by atoms with E-state index < -0.39 is 0 Å². The molecule has 0 spiro atoms. The molecule has 0 unspecified atom stereocenters. The van der Waals surface area contributed by atoms with Crippen LogP contribution in [0.15, 0.2) is 104 Å². The number of rotatable bonds is 6. The Balaban J connectivity index is 1.30. The van der Waals surface area contributed by atoms with Gasteiger partial charge in [-0.1, -0.05) is 60.7 Å². The van der Waals surface area contributed by atoms with Crippen molar-refractivity contribution in [1.29, 1.82) is 0 Å². The van der Waals surface area contributed by atoms with Crippen molar-refractivity contribution in [1.82, 2.24) is 19.4 Å². The minimum atomic E-state index is 0.102. The number of carbonyl (C=O) groups excluding carboxylic acids is 1. The van der Waals surface area contributed by atoms with Crippen LogP contribution in [0.3, 0.4) is 0 Å². The van der Waals surface area contributed by atoms with E-state index in [2.05, 4.69) is 70.5 Å². The van der Waals surface area contributed by atoms with Gasteiger partial charge in [-0.05, 0) is 41.0 Å². The van der Waals surface area contributed by atoms with Crippen LogP contribution < -0.4 is 0 Å². The Bertz CT molecular complexity index is 1130. The number of piperazine rings is 1. The number of carbonyl (C=O) groups is 1. The molecule has 5 rings (SSSR count). The van der Waals surface area contributed by atoms with Gasteiger partial charge in [-0.25, -0.2) is 0 Å². The third-order valence-corrected chi connectivity index (χ3v) is 6.35. The fourth-order valence-corrected chi connectivity index (χ4v) is 4.66. The summed E-state index contributed by atoms with van der Waals surface area (Å²) in [5.74, 6) is 0.102. The summed E-state index contributed by atoms with van der Waals surface area (Å²) in [5, 5.41) is 0. The topological polar surface area (TPSA) is 41.4 Å². The number of pyridine rings is 1. The zero-order valence-corrected chi connectivity index (χ0v) is 18.6. The first-order valence-electron chi connectivity index (χ1n) is 11.5. The lowest BCUT2D eigenvalue weighted by Gasteiger charge is -2.39. The molecule has 0 atom stereocenters. The summed E-state index contributed by atoms with van der Waals surface area (Å²) in [4.78, 5) is 21.9. The molecule has 33 heavy (non-hydrogen) atoms. The molecule has 1 fully saturated rings. The maximum absolute atomic E-state index is 13.4. The van der Waals surface area contributed by atoms with Crippen molar-refractivity contribution in [2.75, 3.05) is 26.2 Å². The van der Waals surface area contributed by atoms with Gasteiger partial charge in [0.25, 0.3) is 5.91 Å². The van der Waals surface area contributed by atoms with Crippen LogP contribution in [-0.4, -0.2) is 51.4 Å². The maximum Gasteiger partial charge on any atom is 0.270 e. The van der Waals surface area contributed by atoms with E-state index in [1.54, 1.807) is 12.4 Å². The SMILES string of the molecule is O=C(c1cccn1Cc1ccncc1)N1CCN(C(c2ccccc2)c2ccccc2)CC1. The number of nitrogens with zero attached hydrogens (tertiary/aromatic N) is 4. The first-order chi connectivity index (χ1) is 16.3. The number of benzene rings is 2. The predicted molar refractivity (Wildman–Crippen MR) is 130 cm³/mol. The van der Waals surface area contributed by atoms with Crippen LogP contribution in [0.2, 0.25) is 0 Å². The number of aromatic nitrogens is 2. The maximum atomic E-state index is 13.4. The summed E-state index contributed by atoms with van der Waals surface area (Å²) in [5.41, 5.74) is 4.45. The standard InChI is InChI=1S/C28H28N4O/c33-28(26-12-7-17-32(26)22-23-13-15-29-16-14-23)31-20-18-30(19-21-31)27(24-8-3-1-4-9-24)25-10-5-2-6-11-25/h1-17,27H,18-22H2. The van der Waals surface area contributed by atoms with Crippen LogP contribution in [-0.2, 0) is 6.54 Å². The molecule has 2 aromatic heterocycles. The van der Waals surface area contributed by atoms with Gasteiger partial charge in [-0.3, -0.25) is 14.7 Å². The summed E-state index contributed by atoms with van der Waals surface area (Å²) < 4.78 is 2.03. The van der Waals surface area contributed by atoms with Gasteiger partial charge in [-0.15, -0.1) is 0 Å². The van der Waals surface area contributed by atoms with Crippen molar-refractivity contribution in [2.24, 2.45) is 0 Å². The van der Waals surface area contributed by atoms with Crippen LogP contribution in [0.5, 0.6) is 0 Å². The Hall–Kier alpha value is -3.70. The van der Waals surface area contributed by atoms with Crippen molar-refractivity contribution in [3.8, 4) is 0 Å². The highest BCUT2D eigenvalue weighted by Crippen LogP contribution is 2.29. The minimum Gasteiger partial charge on any atom is -0.339 e. The van der Waals surface area contributed by atoms with E-state index >= 15 is 0 Å². The summed E-state index contributed by atoms with van der Waals surface area (Å²) in [7, 11) is 0. The van der Waals surface area contributed by atoms with Crippen molar-refractivity contribution in [2.45, 2.75) is 12.6 Å². The molecule has 0 saturated carbocycles. The quantitative estimate of drug-likeness (QED) is 0.448. The number of hydrogen-bond donors (Lipinski definition) is 0. The zero-order chi connectivity index (χ0) is 22.5. The molecule has 1 amide bonds. The fourth-order valence-electron chi connectivity index (χ4n) is 4.66. The lowest BCUT2D eigenvalue weighted by molar-refractivity contribution is 0.0587. The molecular weight excluding hydrogens is 408 g/mol. The number of hydrogen-bond acceptors (Lipinski definition) is 3. The van der Waals surface area contributed by atoms with Gasteiger partial charge >= 0.3 is 0 Å². The normalized spacial score (nSPS) is 14.5. The van der Waals surface area contributed by atoms with Crippen LogP contribution in [0.4, 0.5) is 0 Å². The molecule has 5 heteroatoms. The highest BCUT2D eigenvalue weighted by molar-refractivity contribution is 5.93. The lowest BCUT2D eigenvalue weighted by Crippen LogP contribution is -2.50. The Morgan fingerprint density at radius 3 is 1.97 bits per heavy atom. The molecule has 0 aliphatic carbocycles. The summed E-state index contributed by atoms with van der Waals surface area (Å²) in [6.45, 7) is 3.78. The molecule has 0 N–H and O–H groups in total. The molecule has 1 saturated heterocycles. The van der Waals surface area contributed by atoms with Crippen molar-refractivity contribution in [3.05, 3.63) is 126 Å². The van der Waals surface area contributed by atoms with Gasteiger partial charge in [-0.2, -0.15) is 0 Å². The monoisotopic (exact) mass is 436 g/mol. The molecule has 4 aromatic rings. The molecular formula is C28H28N4O. The smallest absolute Gasteiger partial charge is 0.270 e. The van der Waals surface area contributed by atoms with Crippen LogP contribution >= 0.6 is 0 Å². The molecule has 0 radical (unpaired) electrons. The van der Waals surface area contributed by atoms with Gasteiger partial charge in [0, 0.05) is 51.3 Å². The van der Waals surface area contributed by atoms with E-state index in [1.807, 2.05) is 39.9 Å². The fraction of sp³-hybridized carbons (Fsp3) is 0.214. The molecule has 5 nitrogen and oxygen atoms in total. The van der Waals surface area contributed by atoms with E-state index in [-0.39, 0.29) is 11.9 Å². The average Bonchev–Trinajstić information content (AvgIpc) is 3.34. The Labute approximate surface area is 194 Å². The molecule has 166 valence electrons. The van der Waals surface area contributed by atoms with Crippen LogP contribution in [0, 0.1) is 0 Å². The minimum absolute atomic E-state index is 0.102. The molecule has 1 aliphatic heterocycles. The van der Waals surface area contributed by atoms with Gasteiger partial charge in [0.1, 0.15) is 5.69 Å². The molecule has 0 bridgehead atoms. The predicted octanol–water partition coefficient (Wildman–Crippen LogP) is 4.48. The van der Waals surface area contributed by atoms with E-state index in [4.69, 9.17) is 0 Å². The molecule has 2 aromatic carbocycles. The lowest BCUT2D eigenvalue weighted by atomic mass is 9.96. The second-order valence-corrected chi connectivity index (χ2v) is 8.43. The first-order valence-corrected chi connectivity index (χ1v) is 11.5. The van der Waals surface area contributed by atoms with Crippen LogP contribution in [0.25, 0.3) is 0 Å². The third-order valence-electron chi connectivity index (χ3n) is 6.35. The highest BCUT2D eigenvalue weighted by atomic mass is 16.2. The first kappa shape index (κ1) is 21.2. The third kappa shape index (κ3) is 4.73. The summed E-state index contributed by atoms with van der Waals surface area (Å²) in [6.07, 6.45) is 5.55. The second-order valence-electron chi connectivity index (χ2n) is 8.43. The average molecular weight is 437 g/mol. The van der Waals surface area contributed by atoms with Gasteiger partial charge < -0.3 is 9.47 Å². The van der Waals surface area contributed by atoms with Gasteiger partial charge in [0.2, 0.25) is 0 Å². The van der Waals surface area contributed by atoms with Crippen molar-refractivity contribution < 1.29 is 4.79 Å². The Morgan fingerprint density at radius 1 is 0.758 bits per heavy atom. The van der Waals surface area contributed by atoms with E-state index in [9.17, 15) is 4.79 Å². The van der Waals surface area contributed by atoms with Crippen molar-refractivity contribution in [3.63, 3.8) is 0 Å². The largest absolute Gasteiger partial charge is 0.339 e. The Kier molecular flexibility index (Phi) is 6.31. The summed E-state index contributed by atoms with van der Waals surface area (Å²) >= 11 is 0. The van der Waals surface area contributed by atoms with Gasteiger partial charge in [0.05, 0.1) is 6.04 Å². The van der Waals surface area contributed by atoms with Crippen molar-refractivity contribution >= 4 is 5.91 Å². The van der Waals surface area contributed by atoms with E-state index in [0.717, 1.165) is 37.4 Å². The Morgan fingerprint density at radius 2 is 1.36 bits per heavy atom. The van der Waals surface area contributed by atoms with E-state index in [0.29, 0.717) is 6.54 Å². The highest BCUT2D eigenvalue weighted by Gasteiger charge is 2.29. The van der Waals surface area contributed by atoms with E-state index in [1.165, 1.54) is 11.1 Å². The number of amides is 1. The second kappa shape index (κ2) is 9.84. The summed E-state index contributed by atoms with van der Waals surface area (Å²) in [6, 6.07) is 29.3. The molecule has 1 aliphatic rings. The molecule has 3 heterocycles. The van der Waals surface area contributed by atoms with Gasteiger partial charge in [0.15, 0.2) is 0 Å². The zero-order valence-electron chi connectivity index (χ0n) is 18.6.